The topological polar surface area (TPSA) is 27.0 Å². The van der Waals surface area contributed by atoms with Crippen molar-refractivity contribution in [2.24, 2.45) is 0 Å². The molecule has 0 amide bonds. The maximum atomic E-state index is 8.79. The molecule has 3 heteroatoms. The Morgan fingerprint density at radius 3 is 3.06 bits per heavy atom. The van der Waals surface area contributed by atoms with E-state index in [2.05, 4.69) is 36.1 Å². The zero-order valence-electron chi connectivity index (χ0n) is 9.36. The van der Waals surface area contributed by atoms with E-state index >= 15 is 0 Å². The lowest BCUT2D eigenvalue weighted by Gasteiger charge is -2.37. The van der Waals surface area contributed by atoms with Gasteiger partial charge in [-0.2, -0.15) is 5.26 Å². The van der Waals surface area contributed by atoms with Gasteiger partial charge in [-0.1, -0.05) is 18.2 Å². The summed E-state index contributed by atoms with van der Waals surface area (Å²) in [5.41, 5.74) is 2.60. The van der Waals surface area contributed by atoms with Crippen LogP contribution in [0.4, 0.5) is 5.69 Å². The van der Waals surface area contributed by atoms with E-state index in [9.17, 15) is 0 Å². The Hall–Kier alpha value is -1.20. The van der Waals surface area contributed by atoms with Gasteiger partial charge >= 0.3 is 0 Å². The van der Waals surface area contributed by atoms with Gasteiger partial charge in [-0.25, -0.2) is 0 Å². The van der Waals surface area contributed by atoms with Crippen LogP contribution in [0.25, 0.3) is 0 Å². The molecule has 1 heterocycles. The van der Waals surface area contributed by atoms with Crippen LogP contribution in [0.1, 0.15) is 18.9 Å². The lowest BCUT2D eigenvalue weighted by atomic mass is 9.96. The lowest BCUT2D eigenvalue weighted by Crippen LogP contribution is -2.40. The average molecular weight is 235 g/mol. The Labute approximate surface area is 101 Å². The lowest BCUT2D eigenvalue weighted by molar-refractivity contribution is 0.566. The molecule has 2 atom stereocenters. The molecular formula is C13H15ClN2. The fourth-order valence-corrected chi connectivity index (χ4v) is 2.40. The molecule has 0 aliphatic carbocycles. The molecule has 16 heavy (non-hydrogen) atoms. The molecular weight excluding hydrogens is 220 g/mol. The van der Waals surface area contributed by atoms with Crippen LogP contribution >= 0.6 is 11.6 Å². The van der Waals surface area contributed by atoms with Crippen molar-refractivity contribution in [2.75, 3.05) is 11.4 Å². The molecule has 2 nitrogen and oxygen atoms in total. The van der Waals surface area contributed by atoms with Gasteiger partial charge in [0.05, 0.1) is 6.07 Å². The van der Waals surface area contributed by atoms with Crippen LogP contribution in [-0.2, 0) is 6.42 Å². The minimum Gasteiger partial charge on any atom is -0.366 e. The highest BCUT2D eigenvalue weighted by atomic mass is 35.5. The van der Waals surface area contributed by atoms with Gasteiger partial charge in [-0.05, 0) is 31.4 Å². The van der Waals surface area contributed by atoms with Crippen LogP contribution in [0.15, 0.2) is 24.3 Å². The van der Waals surface area contributed by atoms with E-state index in [0.717, 1.165) is 12.8 Å². The minimum atomic E-state index is -0.436. The van der Waals surface area contributed by atoms with E-state index in [1.807, 2.05) is 6.07 Å². The Balaban J connectivity index is 2.27. The second-order valence-corrected chi connectivity index (χ2v) is 4.79. The maximum absolute atomic E-state index is 8.79. The number of hydrogen-bond acceptors (Lipinski definition) is 2. The molecule has 0 radical (unpaired) electrons. The van der Waals surface area contributed by atoms with Crippen LogP contribution < -0.4 is 4.90 Å². The van der Waals surface area contributed by atoms with Gasteiger partial charge in [0, 0.05) is 18.3 Å². The SMILES string of the molecule is CC1CCc2ccccc2N1CC(Cl)C#N. The van der Waals surface area contributed by atoms with Gasteiger partial charge in [-0.3, -0.25) is 0 Å². The first-order valence-corrected chi connectivity index (χ1v) is 6.04. The standard InChI is InChI=1S/C13H15ClN2/c1-10-6-7-11-4-2-3-5-13(11)16(10)9-12(14)8-15/h2-5,10,12H,6-7,9H2,1H3. The number of para-hydroxylation sites is 1. The number of nitrogens with zero attached hydrogens (tertiary/aromatic N) is 2. The molecule has 1 aromatic rings. The molecule has 1 aromatic carbocycles. The zero-order valence-corrected chi connectivity index (χ0v) is 10.1. The molecule has 0 saturated heterocycles. The number of alkyl halides is 1. The van der Waals surface area contributed by atoms with Crippen molar-refractivity contribution in [3.63, 3.8) is 0 Å². The van der Waals surface area contributed by atoms with E-state index in [1.165, 1.54) is 11.3 Å². The third-order valence-electron chi connectivity index (χ3n) is 3.16. The molecule has 0 bridgehead atoms. The van der Waals surface area contributed by atoms with Crippen LogP contribution in [0.3, 0.4) is 0 Å². The van der Waals surface area contributed by atoms with Crippen LogP contribution in [0.5, 0.6) is 0 Å². The van der Waals surface area contributed by atoms with E-state index in [1.54, 1.807) is 0 Å². The quantitative estimate of drug-likeness (QED) is 0.736. The molecule has 2 unspecified atom stereocenters. The summed E-state index contributed by atoms with van der Waals surface area (Å²) in [6.07, 6.45) is 2.25. The van der Waals surface area contributed by atoms with Crippen LogP contribution in [0.2, 0.25) is 0 Å². The summed E-state index contributed by atoms with van der Waals surface area (Å²) in [6, 6.07) is 10.9. The number of aryl methyl sites for hydroxylation is 1. The molecule has 0 spiro atoms. The molecule has 0 N–H and O–H groups in total. The second-order valence-electron chi connectivity index (χ2n) is 4.27. The summed E-state index contributed by atoms with van der Waals surface area (Å²) in [5, 5.41) is 8.35. The van der Waals surface area contributed by atoms with Gasteiger partial charge in [0.1, 0.15) is 5.38 Å². The Kier molecular flexibility index (Phi) is 3.36. The third-order valence-corrected chi connectivity index (χ3v) is 3.40. The highest BCUT2D eigenvalue weighted by Crippen LogP contribution is 2.30. The van der Waals surface area contributed by atoms with E-state index in [-0.39, 0.29) is 0 Å². The smallest absolute Gasteiger partial charge is 0.137 e. The summed E-state index contributed by atoms with van der Waals surface area (Å²) in [6.45, 7) is 2.80. The van der Waals surface area contributed by atoms with Gasteiger partial charge in [0.15, 0.2) is 0 Å². The monoisotopic (exact) mass is 234 g/mol. The molecule has 84 valence electrons. The van der Waals surface area contributed by atoms with E-state index in [4.69, 9.17) is 16.9 Å². The van der Waals surface area contributed by atoms with Crippen molar-refractivity contribution in [1.82, 2.24) is 0 Å². The van der Waals surface area contributed by atoms with Crippen LogP contribution in [0, 0.1) is 11.3 Å². The first-order valence-electron chi connectivity index (χ1n) is 5.60. The first kappa shape index (κ1) is 11.3. The van der Waals surface area contributed by atoms with Gasteiger partial charge in [0.25, 0.3) is 0 Å². The summed E-state index contributed by atoms with van der Waals surface area (Å²) in [7, 11) is 0. The Bertz CT molecular complexity index is 411. The predicted molar refractivity (Wildman–Crippen MR) is 66.8 cm³/mol. The summed E-state index contributed by atoms with van der Waals surface area (Å²) in [4.78, 5) is 2.25. The molecule has 2 rings (SSSR count). The highest BCUT2D eigenvalue weighted by Gasteiger charge is 2.24. The third kappa shape index (κ3) is 2.15. The zero-order chi connectivity index (χ0) is 11.5. The summed E-state index contributed by atoms with van der Waals surface area (Å²) < 4.78 is 0. The average Bonchev–Trinajstić information content (AvgIpc) is 2.32. The fourth-order valence-electron chi connectivity index (χ4n) is 2.25. The van der Waals surface area contributed by atoms with Gasteiger partial charge < -0.3 is 4.90 Å². The first-order chi connectivity index (χ1) is 7.72. The number of rotatable bonds is 2. The number of halogens is 1. The maximum Gasteiger partial charge on any atom is 0.137 e. The number of benzene rings is 1. The predicted octanol–water partition coefficient (Wildman–Crippen LogP) is 2.96. The van der Waals surface area contributed by atoms with E-state index < -0.39 is 5.38 Å². The molecule has 0 aromatic heterocycles. The number of nitriles is 1. The van der Waals surface area contributed by atoms with Crippen LogP contribution in [-0.4, -0.2) is 18.0 Å². The number of hydrogen-bond donors (Lipinski definition) is 0. The molecule has 1 aliphatic heterocycles. The van der Waals surface area contributed by atoms with Crippen molar-refractivity contribution in [1.29, 1.82) is 5.26 Å². The van der Waals surface area contributed by atoms with Crippen molar-refractivity contribution >= 4 is 17.3 Å². The Morgan fingerprint density at radius 2 is 2.31 bits per heavy atom. The number of anilines is 1. The molecule has 1 aliphatic rings. The molecule has 0 fully saturated rings. The van der Waals surface area contributed by atoms with E-state index in [0.29, 0.717) is 12.6 Å². The highest BCUT2D eigenvalue weighted by molar-refractivity contribution is 6.22. The van der Waals surface area contributed by atoms with Gasteiger partial charge in [-0.15, -0.1) is 11.6 Å². The van der Waals surface area contributed by atoms with Crippen molar-refractivity contribution in [2.45, 2.75) is 31.2 Å². The fraction of sp³-hybridized carbons (Fsp3) is 0.462. The van der Waals surface area contributed by atoms with Crippen molar-refractivity contribution < 1.29 is 0 Å². The van der Waals surface area contributed by atoms with Crippen molar-refractivity contribution in [3.8, 4) is 6.07 Å². The Morgan fingerprint density at radius 1 is 1.56 bits per heavy atom. The van der Waals surface area contributed by atoms with Crippen molar-refractivity contribution in [3.05, 3.63) is 29.8 Å². The van der Waals surface area contributed by atoms with Gasteiger partial charge in [0.2, 0.25) is 0 Å². The summed E-state index contributed by atoms with van der Waals surface area (Å²) >= 11 is 5.93. The second kappa shape index (κ2) is 4.76. The number of fused-ring (bicyclic) bond motifs is 1. The summed E-state index contributed by atoms with van der Waals surface area (Å²) in [5.74, 6) is 0. The largest absolute Gasteiger partial charge is 0.366 e. The molecule has 0 saturated carbocycles. The minimum absolute atomic E-state index is 0.436. The normalized spacial score (nSPS) is 21.1.